The summed E-state index contributed by atoms with van der Waals surface area (Å²) in [6.45, 7) is 1.64. The maximum absolute atomic E-state index is 12.4. The number of carbonyl (C=O) groups is 1. The summed E-state index contributed by atoms with van der Waals surface area (Å²) in [6.07, 6.45) is 4.41. The lowest BCUT2D eigenvalue weighted by atomic mass is 9.85. The first kappa shape index (κ1) is 19.6. The minimum Gasteiger partial charge on any atom is -0.463 e. The van der Waals surface area contributed by atoms with E-state index in [0.717, 1.165) is 32.1 Å². The van der Waals surface area contributed by atoms with Crippen molar-refractivity contribution >= 4 is 17.3 Å². The van der Waals surface area contributed by atoms with Crippen LogP contribution in [0.3, 0.4) is 0 Å². The molecule has 2 aromatic heterocycles. The van der Waals surface area contributed by atoms with Crippen molar-refractivity contribution in [1.82, 2.24) is 14.6 Å². The fourth-order valence-corrected chi connectivity index (χ4v) is 4.44. The van der Waals surface area contributed by atoms with E-state index in [9.17, 15) is 15.2 Å². The van der Waals surface area contributed by atoms with Crippen molar-refractivity contribution in [3.63, 3.8) is 0 Å². The predicted molar refractivity (Wildman–Crippen MR) is 102 cm³/mol. The number of anilines is 1. The first-order valence-corrected chi connectivity index (χ1v) is 10.0. The van der Waals surface area contributed by atoms with E-state index in [2.05, 4.69) is 16.2 Å². The highest BCUT2D eigenvalue weighted by molar-refractivity contribution is 5.72. The van der Waals surface area contributed by atoms with Crippen molar-refractivity contribution in [3.8, 4) is 6.07 Å². The molecule has 1 saturated heterocycles. The molecule has 0 radical (unpaired) electrons. The van der Waals surface area contributed by atoms with Crippen LogP contribution < -0.4 is 5.73 Å². The third kappa shape index (κ3) is 3.22. The van der Waals surface area contributed by atoms with Crippen LogP contribution in [0.25, 0.3) is 5.52 Å². The Morgan fingerprint density at radius 2 is 2.21 bits per heavy atom. The van der Waals surface area contributed by atoms with E-state index in [4.69, 9.17) is 15.2 Å². The van der Waals surface area contributed by atoms with E-state index >= 15 is 0 Å². The van der Waals surface area contributed by atoms with E-state index < -0.39 is 23.7 Å². The third-order valence-corrected chi connectivity index (χ3v) is 6.23. The van der Waals surface area contributed by atoms with Crippen LogP contribution >= 0.6 is 0 Å². The number of hydrogen-bond donors (Lipinski definition) is 2. The number of hydrogen-bond acceptors (Lipinski definition) is 8. The van der Waals surface area contributed by atoms with Crippen LogP contribution in [-0.2, 0) is 19.9 Å². The molecular weight excluding hydrogens is 374 g/mol. The molecule has 3 heterocycles. The van der Waals surface area contributed by atoms with E-state index in [1.165, 1.54) is 10.8 Å². The molecule has 0 aromatic carbocycles. The van der Waals surface area contributed by atoms with E-state index in [-0.39, 0.29) is 24.3 Å². The van der Waals surface area contributed by atoms with Crippen LogP contribution in [0.5, 0.6) is 0 Å². The molecule has 154 valence electrons. The summed E-state index contributed by atoms with van der Waals surface area (Å²) in [5.41, 5.74) is 5.45. The topological polar surface area (TPSA) is 136 Å². The number of carbonyl (C=O) groups excluding carboxylic acids is 1. The van der Waals surface area contributed by atoms with Crippen molar-refractivity contribution in [3.05, 3.63) is 24.2 Å². The lowest BCUT2D eigenvalue weighted by molar-refractivity contribution is -0.156. The molecule has 9 nitrogen and oxygen atoms in total. The average molecular weight is 399 g/mol. The molecule has 3 N–H and O–H groups in total. The number of ether oxygens (including phenoxy) is 2. The second kappa shape index (κ2) is 7.61. The highest BCUT2D eigenvalue weighted by atomic mass is 16.6. The van der Waals surface area contributed by atoms with Gasteiger partial charge >= 0.3 is 5.97 Å². The zero-order chi connectivity index (χ0) is 20.6. The SMILES string of the molecule is C[C@@H]1[C@H](O)[C@@H](COC(=O)C2CCCCC2)O[C@@]1(C#N)c1ccc2c(N)ncnn12. The van der Waals surface area contributed by atoms with Gasteiger partial charge in [-0.15, -0.1) is 0 Å². The van der Waals surface area contributed by atoms with Gasteiger partial charge in [0.2, 0.25) is 5.60 Å². The molecule has 4 atom stereocenters. The molecule has 0 spiro atoms. The predicted octanol–water partition coefficient (Wildman–Crippen LogP) is 1.55. The monoisotopic (exact) mass is 399 g/mol. The molecule has 2 fully saturated rings. The molecule has 29 heavy (non-hydrogen) atoms. The van der Waals surface area contributed by atoms with Gasteiger partial charge in [-0.25, -0.2) is 9.50 Å². The Hall–Kier alpha value is -2.70. The van der Waals surface area contributed by atoms with E-state index in [1.807, 2.05) is 0 Å². The molecule has 2 aliphatic rings. The quantitative estimate of drug-likeness (QED) is 0.739. The number of aromatic nitrogens is 3. The fraction of sp³-hybridized carbons (Fsp3) is 0.600. The zero-order valence-electron chi connectivity index (χ0n) is 16.3. The normalized spacial score (nSPS) is 30.3. The molecule has 1 aliphatic heterocycles. The van der Waals surface area contributed by atoms with Gasteiger partial charge in [-0.3, -0.25) is 4.79 Å². The smallest absolute Gasteiger partial charge is 0.309 e. The highest BCUT2D eigenvalue weighted by Gasteiger charge is 2.56. The van der Waals surface area contributed by atoms with Crippen LogP contribution in [0.15, 0.2) is 18.5 Å². The van der Waals surface area contributed by atoms with Crippen LogP contribution in [0.1, 0.15) is 44.7 Å². The summed E-state index contributed by atoms with van der Waals surface area (Å²) >= 11 is 0. The van der Waals surface area contributed by atoms with Gasteiger partial charge in [0, 0.05) is 5.92 Å². The Bertz CT molecular complexity index is 948. The van der Waals surface area contributed by atoms with E-state index in [0.29, 0.717) is 11.2 Å². The van der Waals surface area contributed by atoms with Crippen LogP contribution in [0.2, 0.25) is 0 Å². The molecule has 1 saturated carbocycles. The molecule has 4 rings (SSSR count). The summed E-state index contributed by atoms with van der Waals surface area (Å²) in [5, 5.41) is 24.9. The zero-order valence-corrected chi connectivity index (χ0v) is 16.3. The van der Waals surface area contributed by atoms with Crippen molar-refractivity contribution in [1.29, 1.82) is 5.26 Å². The van der Waals surface area contributed by atoms with Gasteiger partial charge < -0.3 is 20.3 Å². The van der Waals surface area contributed by atoms with Crippen molar-refractivity contribution in [2.75, 3.05) is 12.3 Å². The van der Waals surface area contributed by atoms with Gasteiger partial charge in [-0.2, -0.15) is 10.4 Å². The number of rotatable bonds is 4. The highest BCUT2D eigenvalue weighted by Crippen LogP contribution is 2.44. The van der Waals surface area contributed by atoms with Crippen molar-refractivity contribution in [2.45, 2.75) is 56.8 Å². The Kier molecular flexibility index (Phi) is 5.15. The van der Waals surface area contributed by atoms with Crippen LogP contribution in [0.4, 0.5) is 5.82 Å². The van der Waals surface area contributed by atoms with Gasteiger partial charge in [0.15, 0.2) is 5.82 Å². The number of nitrogens with zero attached hydrogens (tertiary/aromatic N) is 4. The maximum atomic E-state index is 12.4. The molecule has 1 aliphatic carbocycles. The Morgan fingerprint density at radius 1 is 1.45 bits per heavy atom. The summed E-state index contributed by atoms with van der Waals surface area (Å²) < 4.78 is 13.0. The second-order valence-corrected chi connectivity index (χ2v) is 7.91. The lowest BCUT2D eigenvalue weighted by Crippen LogP contribution is -2.34. The third-order valence-electron chi connectivity index (χ3n) is 6.23. The number of aliphatic hydroxyl groups excluding tert-OH is 1. The fourth-order valence-electron chi connectivity index (χ4n) is 4.44. The van der Waals surface area contributed by atoms with Crippen LogP contribution in [0, 0.1) is 23.2 Å². The van der Waals surface area contributed by atoms with Gasteiger partial charge in [0.05, 0.1) is 17.7 Å². The van der Waals surface area contributed by atoms with Crippen LogP contribution in [-0.4, -0.2) is 44.5 Å². The Morgan fingerprint density at radius 3 is 2.93 bits per heavy atom. The molecular formula is C20H25N5O4. The maximum Gasteiger partial charge on any atom is 0.309 e. The summed E-state index contributed by atoms with van der Waals surface area (Å²) in [4.78, 5) is 16.3. The van der Waals surface area contributed by atoms with Gasteiger partial charge in [-0.1, -0.05) is 26.2 Å². The number of esters is 1. The number of nitriles is 1. The van der Waals surface area contributed by atoms with Gasteiger partial charge in [-0.05, 0) is 25.0 Å². The minimum atomic E-state index is -1.45. The molecule has 0 amide bonds. The first-order valence-electron chi connectivity index (χ1n) is 10.0. The van der Waals surface area contributed by atoms with Gasteiger partial charge in [0.1, 0.15) is 30.6 Å². The van der Waals surface area contributed by atoms with E-state index in [1.54, 1.807) is 19.1 Å². The number of nitrogens with two attached hydrogens (primary N) is 1. The number of fused-ring (bicyclic) bond motifs is 1. The Labute approximate surface area is 168 Å². The molecule has 0 unspecified atom stereocenters. The summed E-state index contributed by atoms with van der Waals surface area (Å²) in [6, 6.07) is 5.62. The Balaban J connectivity index is 1.55. The van der Waals surface area contributed by atoms with Gasteiger partial charge in [0.25, 0.3) is 0 Å². The minimum absolute atomic E-state index is 0.0882. The average Bonchev–Trinajstić information content (AvgIpc) is 3.29. The lowest BCUT2D eigenvalue weighted by Gasteiger charge is -2.25. The molecule has 9 heteroatoms. The largest absolute Gasteiger partial charge is 0.463 e. The molecule has 0 bridgehead atoms. The standard InChI is InChI=1S/C20H25N5O4/c1-12-17(26)15(9-28-19(27)13-5-3-2-4-6-13)29-20(12,10-21)16-8-7-14-18(22)23-11-24-25(14)16/h7-8,11-13,15,17,26H,2-6,9H2,1H3,(H2,22,23,24)/t12-,15-,17+,20-/m1/s1. The first-order chi connectivity index (χ1) is 14.0. The summed E-state index contributed by atoms with van der Waals surface area (Å²) in [7, 11) is 0. The second-order valence-electron chi connectivity index (χ2n) is 7.91. The van der Waals surface area contributed by atoms with Crippen molar-refractivity contribution < 1.29 is 19.4 Å². The molecule has 2 aromatic rings. The summed E-state index contributed by atoms with van der Waals surface area (Å²) in [5.74, 6) is -0.630. The number of nitrogen functional groups attached to an aromatic ring is 1. The number of aliphatic hydroxyl groups is 1. The van der Waals surface area contributed by atoms with Crippen molar-refractivity contribution in [2.24, 2.45) is 11.8 Å².